The summed E-state index contributed by atoms with van der Waals surface area (Å²) >= 11 is 1.92. The third kappa shape index (κ3) is 3.83. The highest BCUT2D eigenvalue weighted by Crippen LogP contribution is 2.37. The third-order valence-electron chi connectivity index (χ3n) is 4.01. The molecule has 2 rings (SSSR count). The van der Waals surface area contributed by atoms with E-state index in [1.54, 1.807) is 0 Å². The van der Waals surface area contributed by atoms with Crippen molar-refractivity contribution in [3.63, 3.8) is 0 Å². The van der Waals surface area contributed by atoms with Crippen LogP contribution in [0, 0.1) is 11.8 Å². The fourth-order valence-corrected chi connectivity index (χ4v) is 4.17. The van der Waals surface area contributed by atoms with Gasteiger partial charge in [-0.05, 0) is 49.5 Å². The van der Waals surface area contributed by atoms with E-state index in [1.807, 2.05) is 11.3 Å². The fourth-order valence-electron chi connectivity index (χ4n) is 3.29. The minimum atomic E-state index is 0.598. The van der Waals surface area contributed by atoms with Crippen LogP contribution < -0.4 is 5.32 Å². The molecule has 2 heteroatoms. The van der Waals surface area contributed by atoms with Crippen molar-refractivity contribution in [3.05, 3.63) is 22.4 Å². The Hall–Kier alpha value is -0.340. The maximum Gasteiger partial charge on any atom is 0.0445 e. The van der Waals surface area contributed by atoms with Crippen molar-refractivity contribution in [2.45, 2.75) is 65.0 Å². The molecular formula is C16H27NS. The lowest BCUT2D eigenvalue weighted by molar-refractivity contribution is 0.317. The molecule has 0 radical (unpaired) electrons. The van der Waals surface area contributed by atoms with E-state index in [2.05, 4.69) is 43.6 Å². The standard InChI is InChI=1S/C16H27NS/c1-12(2)11-13(3)17-16(14-7-4-5-8-14)15-9-6-10-18-15/h6,9-10,12-14,16-17H,4-5,7-8,11H2,1-3H3. The Morgan fingerprint density at radius 2 is 2.00 bits per heavy atom. The second-order valence-electron chi connectivity index (χ2n) is 6.23. The molecule has 18 heavy (non-hydrogen) atoms. The van der Waals surface area contributed by atoms with Gasteiger partial charge in [-0.15, -0.1) is 11.3 Å². The highest BCUT2D eigenvalue weighted by molar-refractivity contribution is 7.10. The summed E-state index contributed by atoms with van der Waals surface area (Å²) in [6.07, 6.45) is 6.93. The van der Waals surface area contributed by atoms with Gasteiger partial charge >= 0.3 is 0 Å². The minimum absolute atomic E-state index is 0.598. The summed E-state index contributed by atoms with van der Waals surface area (Å²) in [5, 5.41) is 6.12. The molecule has 2 atom stereocenters. The van der Waals surface area contributed by atoms with Gasteiger partial charge in [0.25, 0.3) is 0 Å². The summed E-state index contributed by atoms with van der Waals surface area (Å²) in [6, 6.07) is 5.72. The monoisotopic (exact) mass is 265 g/mol. The predicted molar refractivity (Wildman–Crippen MR) is 81.1 cm³/mol. The van der Waals surface area contributed by atoms with Crippen molar-refractivity contribution in [1.29, 1.82) is 0 Å². The van der Waals surface area contributed by atoms with Gasteiger partial charge in [-0.25, -0.2) is 0 Å². The fraction of sp³-hybridized carbons (Fsp3) is 0.750. The molecule has 1 aromatic heterocycles. The lowest BCUT2D eigenvalue weighted by atomic mass is 9.94. The van der Waals surface area contributed by atoms with Crippen LogP contribution in [-0.4, -0.2) is 6.04 Å². The van der Waals surface area contributed by atoms with Crippen LogP contribution in [-0.2, 0) is 0 Å². The third-order valence-corrected chi connectivity index (χ3v) is 4.97. The molecule has 102 valence electrons. The van der Waals surface area contributed by atoms with Crippen LogP contribution in [0.5, 0.6) is 0 Å². The van der Waals surface area contributed by atoms with E-state index in [-0.39, 0.29) is 0 Å². The van der Waals surface area contributed by atoms with Crippen LogP contribution in [0.2, 0.25) is 0 Å². The van der Waals surface area contributed by atoms with Crippen LogP contribution in [0.25, 0.3) is 0 Å². The Labute approximate surface area is 116 Å². The zero-order valence-electron chi connectivity index (χ0n) is 12.0. The van der Waals surface area contributed by atoms with E-state index in [0.717, 1.165) is 11.8 Å². The van der Waals surface area contributed by atoms with Crippen molar-refractivity contribution < 1.29 is 0 Å². The quantitative estimate of drug-likeness (QED) is 0.763. The molecule has 1 saturated carbocycles. The van der Waals surface area contributed by atoms with Crippen LogP contribution >= 0.6 is 11.3 Å². The molecule has 1 aliphatic rings. The largest absolute Gasteiger partial charge is 0.306 e. The molecule has 2 unspecified atom stereocenters. The molecule has 1 N–H and O–H groups in total. The first-order valence-electron chi connectivity index (χ1n) is 7.46. The van der Waals surface area contributed by atoms with E-state index >= 15 is 0 Å². The molecule has 0 saturated heterocycles. The topological polar surface area (TPSA) is 12.0 Å². The molecule has 0 bridgehead atoms. The molecule has 1 aliphatic carbocycles. The molecule has 0 amide bonds. The Kier molecular flexibility index (Phi) is 5.25. The summed E-state index contributed by atoms with van der Waals surface area (Å²) in [4.78, 5) is 1.54. The molecule has 1 nitrogen and oxygen atoms in total. The predicted octanol–water partition coefficient (Wildman–Crippen LogP) is 5.00. The second kappa shape index (κ2) is 6.72. The highest BCUT2D eigenvalue weighted by Gasteiger charge is 2.27. The molecule has 0 spiro atoms. The Morgan fingerprint density at radius 1 is 1.28 bits per heavy atom. The van der Waals surface area contributed by atoms with E-state index in [1.165, 1.54) is 37.0 Å². The number of rotatable bonds is 6. The first-order valence-corrected chi connectivity index (χ1v) is 8.34. The first kappa shape index (κ1) is 14.1. The van der Waals surface area contributed by atoms with Crippen LogP contribution in [0.4, 0.5) is 0 Å². The summed E-state index contributed by atoms with van der Waals surface area (Å²) in [6.45, 7) is 6.97. The van der Waals surface area contributed by atoms with Crippen LogP contribution in [0.1, 0.15) is 63.8 Å². The summed E-state index contributed by atoms with van der Waals surface area (Å²) in [5.41, 5.74) is 0. The van der Waals surface area contributed by atoms with Gasteiger partial charge in [0.05, 0.1) is 0 Å². The Bertz CT molecular complexity index is 325. The van der Waals surface area contributed by atoms with Crippen LogP contribution in [0.15, 0.2) is 17.5 Å². The smallest absolute Gasteiger partial charge is 0.0445 e. The number of nitrogens with one attached hydrogen (secondary N) is 1. The lowest BCUT2D eigenvalue weighted by Crippen LogP contribution is -2.34. The Morgan fingerprint density at radius 3 is 2.56 bits per heavy atom. The average molecular weight is 265 g/mol. The maximum atomic E-state index is 3.90. The van der Waals surface area contributed by atoms with E-state index in [9.17, 15) is 0 Å². The molecule has 1 aromatic rings. The van der Waals surface area contributed by atoms with Gasteiger partial charge in [0.1, 0.15) is 0 Å². The lowest BCUT2D eigenvalue weighted by Gasteiger charge is -2.28. The molecule has 1 heterocycles. The van der Waals surface area contributed by atoms with Crippen molar-refractivity contribution >= 4 is 11.3 Å². The SMILES string of the molecule is CC(C)CC(C)NC(c1cccs1)C1CCCC1. The van der Waals surface area contributed by atoms with E-state index in [4.69, 9.17) is 0 Å². The van der Waals surface area contributed by atoms with Gasteiger partial charge in [-0.3, -0.25) is 0 Å². The number of hydrogen-bond acceptors (Lipinski definition) is 2. The van der Waals surface area contributed by atoms with Gasteiger partial charge in [-0.2, -0.15) is 0 Å². The van der Waals surface area contributed by atoms with E-state index < -0.39 is 0 Å². The van der Waals surface area contributed by atoms with Crippen LogP contribution in [0.3, 0.4) is 0 Å². The number of thiophene rings is 1. The molecule has 0 aromatic carbocycles. The molecule has 1 fully saturated rings. The van der Waals surface area contributed by atoms with Crippen molar-refractivity contribution in [3.8, 4) is 0 Å². The zero-order chi connectivity index (χ0) is 13.0. The van der Waals surface area contributed by atoms with Gasteiger partial charge in [0.2, 0.25) is 0 Å². The minimum Gasteiger partial charge on any atom is -0.306 e. The van der Waals surface area contributed by atoms with Gasteiger partial charge < -0.3 is 5.32 Å². The second-order valence-corrected chi connectivity index (χ2v) is 7.21. The summed E-state index contributed by atoms with van der Waals surface area (Å²) in [7, 11) is 0. The first-order chi connectivity index (χ1) is 8.66. The van der Waals surface area contributed by atoms with Gasteiger partial charge in [-0.1, -0.05) is 32.8 Å². The average Bonchev–Trinajstić information content (AvgIpc) is 2.98. The van der Waals surface area contributed by atoms with Gasteiger partial charge in [0, 0.05) is 17.0 Å². The number of hydrogen-bond donors (Lipinski definition) is 1. The van der Waals surface area contributed by atoms with Crippen molar-refractivity contribution in [2.75, 3.05) is 0 Å². The van der Waals surface area contributed by atoms with Gasteiger partial charge in [0.15, 0.2) is 0 Å². The summed E-state index contributed by atoms with van der Waals surface area (Å²) in [5.74, 6) is 1.64. The summed E-state index contributed by atoms with van der Waals surface area (Å²) < 4.78 is 0. The Balaban J connectivity index is 2.00. The highest BCUT2D eigenvalue weighted by atomic mass is 32.1. The van der Waals surface area contributed by atoms with Crippen molar-refractivity contribution in [1.82, 2.24) is 5.32 Å². The van der Waals surface area contributed by atoms with Crippen molar-refractivity contribution in [2.24, 2.45) is 11.8 Å². The zero-order valence-corrected chi connectivity index (χ0v) is 12.8. The normalized spacial score (nSPS) is 20.4. The maximum absolute atomic E-state index is 3.90. The molecular weight excluding hydrogens is 238 g/mol. The molecule has 0 aliphatic heterocycles. The van der Waals surface area contributed by atoms with E-state index in [0.29, 0.717) is 12.1 Å².